The van der Waals surface area contributed by atoms with Gasteiger partial charge < -0.3 is 14.6 Å². The molecule has 0 aliphatic heterocycles. The lowest BCUT2D eigenvalue weighted by Gasteiger charge is -2.18. The minimum Gasteiger partial charge on any atom is -0.496 e. The molecule has 0 spiro atoms. The van der Waals surface area contributed by atoms with E-state index in [9.17, 15) is 4.79 Å². The normalized spacial score (nSPS) is 11.2. The van der Waals surface area contributed by atoms with Gasteiger partial charge in [-0.25, -0.2) is 0 Å². The highest BCUT2D eigenvalue weighted by Crippen LogP contribution is 2.25. The molecule has 19 heavy (non-hydrogen) atoms. The van der Waals surface area contributed by atoms with Crippen LogP contribution in [0, 0.1) is 12.3 Å². The van der Waals surface area contributed by atoms with Crippen molar-refractivity contribution in [1.82, 2.24) is 0 Å². The molecule has 0 aliphatic rings. The summed E-state index contributed by atoms with van der Waals surface area (Å²) in [5, 5.41) is 9.00. The fourth-order valence-electron chi connectivity index (χ4n) is 1.75. The summed E-state index contributed by atoms with van der Waals surface area (Å²) in [7, 11) is 1.64. The third kappa shape index (κ3) is 4.47. The van der Waals surface area contributed by atoms with Gasteiger partial charge in [-0.15, -0.1) is 0 Å². The summed E-state index contributed by atoms with van der Waals surface area (Å²) in [5.74, 6) is 0.846. The maximum atomic E-state index is 10.9. The first-order chi connectivity index (χ1) is 8.86. The number of carboxylic acid groups (broad SMARTS) is 1. The Hall–Kier alpha value is -1.71. The molecule has 0 bridgehead atoms. The van der Waals surface area contributed by atoms with Crippen molar-refractivity contribution in [2.75, 3.05) is 13.7 Å². The van der Waals surface area contributed by atoms with Gasteiger partial charge in [-0.3, -0.25) is 4.79 Å². The molecule has 0 heterocycles. The van der Waals surface area contributed by atoms with Gasteiger partial charge in [-0.1, -0.05) is 0 Å². The molecule has 0 amide bonds. The number of benzene rings is 1. The van der Waals surface area contributed by atoms with E-state index in [4.69, 9.17) is 14.6 Å². The Labute approximate surface area is 114 Å². The van der Waals surface area contributed by atoms with Crippen LogP contribution >= 0.6 is 0 Å². The second kappa shape index (κ2) is 6.45. The van der Waals surface area contributed by atoms with Gasteiger partial charge >= 0.3 is 5.97 Å². The van der Waals surface area contributed by atoms with Crippen LogP contribution in [0.15, 0.2) is 18.2 Å². The molecule has 0 saturated carbocycles. The Bertz CT molecular complexity index is 438. The van der Waals surface area contributed by atoms with Crippen molar-refractivity contribution in [3.63, 3.8) is 0 Å². The SMILES string of the molecule is COc1ccc(OCCCC(C)(C)C(=O)O)cc1C. The Balaban J connectivity index is 2.42. The number of rotatable bonds is 7. The monoisotopic (exact) mass is 266 g/mol. The molecule has 0 aliphatic carbocycles. The molecule has 0 atom stereocenters. The van der Waals surface area contributed by atoms with Crippen LogP contribution < -0.4 is 9.47 Å². The standard InChI is InChI=1S/C15H22O4/c1-11-10-12(6-7-13(11)18-4)19-9-5-8-15(2,3)14(16)17/h6-7,10H,5,8-9H2,1-4H3,(H,16,17). The molecule has 4 nitrogen and oxygen atoms in total. The zero-order valence-electron chi connectivity index (χ0n) is 12.0. The summed E-state index contributed by atoms with van der Waals surface area (Å²) in [4.78, 5) is 10.9. The Kier molecular flexibility index (Phi) is 5.21. The lowest BCUT2D eigenvalue weighted by Crippen LogP contribution is -2.24. The molecule has 0 fully saturated rings. The zero-order valence-corrected chi connectivity index (χ0v) is 12.0. The maximum Gasteiger partial charge on any atom is 0.309 e. The largest absolute Gasteiger partial charge is 0.496 e. The number of carboxylic acids is 1. The summed E-state index contributed by atoms with van der Waals surface area (Å²) in [6.07, 6.45) is 1.31. The lowest BCUT2D eigenvalue weighted by atomic mass is 9.88. The molecular weight excluding hydrogens is 244 g/mol. The topological polar surface area (TPSA) is 55.8 Å². The number of aliphatic carboxylic acids is 1. The van der Waals surface area contributed by atoms with Crippen molar-refractivity contribution < 1.29 is 19.4 Å². The third-order valence-corrected chi connectivity index (χ3v) is 3.16. The van der Waals surface area contributed by atoms with Gasteiger partial charge in [0, 0.05) is 0 Å². The fourth-order valence-corrected chi connectivity index (χ4v) is 1.75. The molecule has 0 saturated heterocycles. The number of hydrogen-bond donors (Lipinski definition) is 1. The summed E-state index contributed by atoms with van der Waals surface area (Å²) >= 11 is 0. The highest BCUT2D eigenvalue weighted by atomic mass is 16.5. The number of methoxy groups -OCH3 is 1. The molecule has 0 radical (unpaired) electrons. The molecule has 106 valence electrons. The first-order valence-electron chi connectivity index (χ1n) is 6.37. The number of carbonyl (C=O) groups is 1. The Morgan fingerprint density at radius 1 is 1.37 bits per heavy atom. The smallest absolute Gasteiger partial charge is 0.309 e. The van der Waals surface area contributed by atoms with Crippen LogP contribution in [0.25, 0.3) is 0 Å². The van der Waals surface area contributed by atoms with Crippen molar-refractivity contribution in [3.8, 4) is 11.5 Å². The minimum atomic E-state index is -0.771. The fraction of sp³-hybridized carbons (Fsp3) is 0.533. The molecule has 1 N–H and O–H groups in total. The van der Waals surface area contributed by atoms with Crippen molar-refractivity contribution >= 4 is 5.97 Å². The first kappa shape index (κ1) is 15.3. The van der Waals surface area contributed by atoms with Crippen LogP contribution in [0.4, 0.5) is 0 Å². The molecule has 1 aromatic carbocycles. The highest BCUT2D eigenvalue weighted by Gasteiger charge is 2.26. The second-order valence-corrected chi connectivity index (χ2v) is 5.27. The molecule has 1 aromatic rings. The van der Waals surface area contributed by atoms with Crippen LogP contribution in [-0.4, -0.2) is 24.8 Å². The van der Waals surface area contributed by atoms with Gasteiger partial charge in [0.15, 0.2) is 0 Å². The average molecular weight is 266 g/mol. The van der Waals surface area contributed by atoms with E-state index in [0.29, 0.717) is 19.4 Å². The first-order valence-corrected chi connectivity index (χ1v) is 6.37. The number of ether oxygens (including phenoxy) is 2. The van der Waals surface area contributed by atoms with Crippen LogP contribution in [0.2, 0.25) is 0 Å². The average Bonchev–Trinajstić information content (AvgIpc) is 2.34. The summed E-state index contributed by atoms with van der Waals surface area (Å²) in [5.41, 5.74) is 0.324. The molecule has 0 aromatic heterocycles. The van der Waals surface area contributed by atoms with Crippen molar-refractivity contribution in [3.05, 3.63) is 23.8 Å². The third-order valence-electron chi connectivity index (χ3n) is 3.16. The van der Waals surface area contributed by atoms with Gasteiger partial charge in [0.05, 0.1) is 19.1 Å². The minimum absolute atomic E-state index is 0.516. The van der Waals surface area contributed by atoms with Gasteiger partial charge in [-0.2, -0.15) is 0 Å². The number of aryl methyl sites for hydroxylation is 1. The summed E-state index contributed by atoms with van der Waals surface area (Å²) in [6, 6.07) is 5.64. The summed E-state index contributed by atoms with van der Waals surface area (Å²) < 4.78 is 10.8. The van der Waals surface area contributed by atoms with E-state index in [-0.39, 0.29) is 0 Å². The Morgan fingerprint density at radius 3 is 2.58 bits per heavy atom. The maximum absolute atomic E-state index is 10.9. The zero-order chi connectivity index (χ0) is 14.5. The van der Waals surface area contributed by atoms with Crippen LogP contribution in [-0.2, 0) is 4.79 Å². The quantitative estimate of drug-likeness (QED) is 0.769. The van der Waals surface area contributed by atoms with Gasteiger partial charge in [0.25, 0.3) is 0 Å². The van der Waals surface area contributed by atoms with E-state index < -0.39 is 11.4 Å². The van der Waals surface area contributed by atoms with Crippen LogP contribution in [0.1, 0.15) is 32.3 Å². The van der Waals surface area contributed by atoms with E-state index in [1.807, 2.05) is 25.1 Å². The molecule has 4 heteroatoms. The van der Waals surface area contributed by atoms with Crippen LogP contribution in [0.3, 0.4) is 0 Å². The predicted molar refractivity (Wildman–Crippen MR) is 73.9 cm³/mol. The molecular formula is C15H22O4. The van der Waals surface area contributed by atoms with Gasteiger partial charge in [0.2, 0.25) is 0 Å². The van der Waals surface area contributed by atoms with E-state index in [0.717, 1.165) is 17.1 Å². The number of hydrogen-bond acceptors (Lipinski definition) is 3. The second-order valence-electron chi connectivity index (χ2n) is 5.27. The van der Waals surface area contributed by atoms with Crippen LogP contribution in [0.5, 0.6) is 11.5 Å². The molecule has 1 rings (SSSR count). The van der Waals surface area contributed by atoms with E-state index >= 15 is 0 Å². The summed E-state index contributed by atoms with van der Waals surface area (Å²) in [6.45, 7) is 5.93. The Morgan fingerprint density at radius 2 is 2.05 bits per heavy atom. The van der Waals surface area contributed by atoms with E-state index in [2.05, 4.69) is 0 Å². The van der Waals surface area contributed by atoms with E-state index in [1.165, 1.54) is 0 Å². The van der Waals surface area contributed by atoms with E-state index in [1.54, 1.807) is 21.0 Å². The van der Waals surface area contributed by atoms with Crippen molar-refractivity contribution in [2.24, 2.45) is 5.41 Å². The predicted octanol–water partition coefficient (Wildman–Crippen LogP) is 3.27. The van der Waals surface area contributed by atoms with Gasteiger partial charge in [-0.05, 0) is 57.4 Å². The van der Waals surface area contributed by atoms with Gasteiger partial charge in [0.1, 0.15) is 11.5 Å². The highest BCUT2D eigenvalue weighted by molar-refractivity contribution is 5.73. The molecule has 0 unspecified atom stereocenters. The van der Waals surface area contributed by atoms with Crippen molar-refractivity contribution in [1.29, 1.82) is 0 Å². The lowest BCUT2D eigenvalue weighted by molar-refractivity contribution is -0.147. The van der Waals surface area contributed by atoms with Crippen molar-refractivity contribution in [2.45, 2.75) is 33.6 Å².